The van der Waals surface area contributed by atoms with Crippen molar-refractivity contribution in [2.24, 2.45) is 0 Å². The zero-order valence-corrected chi connectivity index (χ0v) is 9.42. The van der Waals surface area contributed by atoms with Crippen LogP contribution in [0.4, 0.5) is 4.53 Å². The van der Waals surface area contributed by atoms with E-state index in [9.17, 15) is 9.32 Å². The van der Waals surface area contributed by atoms with E-state index in [1.807, 2.05) is 6.07 Å². The number of aryl methyl sites for hydroxylation is 1. The molecule has 0 saturated carbocycles. The lowest BCUT2D eigenvalue weighted by Gasteiger charge is -2.03. The van der Waals surface area contributed by atoms with E-state index in [0.717, 1.165) is 0 Å². The molecule has 0 aliphatic carbocycles. The summed E-state index contributed by atoms with van der Waals surface area (Å²) in [6.07, 6.45) is 0. The van der Waals surface area contributed by atoms with E-state index in [4.69, 9.17) is 5.26 Å². The van der Waals surface area contributed by atoms with Crippen LogP contribution in [-0.2, 0) is 4.94 Å². The van der Waals surface area contributed by atoms with Crippen molar-refractivity contribution in [1.82, 2.24) is 9.78 Å². The van der Waals surface area contributed by atoms with E-state index in [2.05, 4.69) is 10.0 Å². The van der Waals surface area contributed by atoms with Gasteiger partial charge < -0.3 is 0 Å². The van der Waals surface area contributed by atoms with Gasteiger partial charge in [-0.1, -0.05) is 0 Å². The largest absolute Gasteiger partial charge is 0.399 e. The lowest BCUT2D eigenvalue weighted by molar-refractivity contribution is -0.0793. The molecule has 18 heavy (non-hydrogen) atoms. The van der Waals surface area contributed by atoms with E-state index in [-0.39, 0.29) is 5.69 Å². The number of aromatic nitrogens is 2. The molecule has 0 amide bonds. The summed E-state index contributed by atoms with van der Waals surface area (Å²) in [5.74, 6) is -1.13. The zero-order valence-electron chi connectivity index (χ0n) is 9.42. The van der Waals surface area contributed by atoms with E-state index in [1.54, 1.807) is 31.2 Å². The second-order valence-electron chi connectivity index (χ2n) is 3.61. The minimum atomic E-state index is -1.13. The Hall–Kier alpha value is -2.68. The maximum Gasteiger partial charge on any atom is 0.399 e. The molecule has 0 N–H and O–H groups in total. The van der Waals surface area contributed by atoms with Gasteiger partial charge in [-0.25, -0.2) is 14.4 Å². The van der Waals surface area contributed by atoms with Crippen LogP contribution >= 0.6 is 0 Å². The van der Waals surface area contributed by atoms with Crippen LogP contribution in [0.15, 0.2) is 30.3 Å². The Kier molecular flexibility index (Phi) is 3.06. The highest BCUT2D eigenvalue weighted by Crippen LogP contribution is 2.13. The minimum Gasteiger partial charge on any atom is -0.247 e. The van der Waals surface area contributed by atoms with Gasteiger partial charge >= 0.3 is 5.97 Å². The van der Waals surface area contributed by atoms with Crippen molar-refractivity contribution in [2.75, 3.05) is 0 Å². The monoisotopic (exact) mass is 245 g/mol. The van der Waals surface area contributed by atoms with Gasteiger partial charge in [0.15, 0.2) is 5.69 Å². The first-order valence-electron chi connectivity index (χ1n) is 5.06. The van der Waals surface area contributed by atoms with Gasteiger partial charge in [0.25, 0.3) is 0 Å². The predicted octanol–water partition coefficient (Wildman–Crippen LogP) is 2.09. The van der Waals surface area contributed by atoms with Gasteiger partial charge in [-0.2, -0.15) is 10.4 Å². The molecular formula is C12H8FN3O2. The Labute approximate surface area is 102 Å². The first kappa shape index (κ1) is 11.8. The number of halogens is 1. The van der Waals surface area contributed by atoms with E-state index >= 15 is 0 Å². The van der Waals surface area contributed by atoms with Crippen LogP contribution in [0, 0.1) is 18.3 Å². The summed E-state index contributed by atoms with van der Waals surface area (Å²) in [6, 6.07) is 10.0. The zero-order chi connectivity index (χ0) is 13.1. The molecule has 0 aliphatic rings. The molecule has 1 aromatic heterocycles. The van der Waals surface area contributed by atoms with Crippen LogP contribution in [0.2, 0.25) is 0 Å². The number of hydrogen-bond acceptors (Lipinski definition) is 4. The number of carbonyl (C=O) groups is 1. The van der Waals surface area contributed by atoms with Gasteiger partial charge in [0.2, 0.25) is 0 Å². The molecule has 2 aromatic rings. The van der Waals surface area contributed by atoms with Gasteiger partial charge in [0.1, 0.15) is 0 Å². The van der Waals surface area contributed by atoms with Crippen molar-refractivity contribution < 1.29 is 14.3 Å². The molecule has 6 heteroatoms. The van der Waals surface area contributed by atoms with Gasteiger partial charge in [-0.05, 0) is 37.3 Å². The second-order valence-corrected chi connectivity index (χ2v) is 3.61. The number of carbonyl (C=O) groups excluding carboxylic acids is 1. The van der Waals surface area contributed by atoms with E-state index in [0.29, 0.717) is 16.9 Å². The Balaban J connectivity index is 2.41. The van der Waals surface area contributed by atoms with E-state index < -0.39 is 5.97 Å². The summed E-state index contributed by atoms with van der Waals surface area (Å²) in [6.45, 7) is 1.72. The summed E-state index contributed by atoms with van der Waals surface area (Å²) >= 11 is 0. The van der Waals surface area contributed by atoms with Crippen molar-refractivity contribution in [2.45, 2.75) is 6.92 Å². The van der Waals surface area contributed by atoms with Crippen molar-refractivity contribution in [1.29, 1.82) is 5.26 Å². The molecule has 0 unspecified atom stereocenters. The van der Waals surface area contributed by atoms with Gasteiger partial charge in [-0.3, -0.25) is 0 Å². The first-order valence-corrected chi connectivity index (χ1v) is 5.06. The Morgan fingerprint density at radius 1 is 1.44 bits per heavy atom. The summed E-state index contributed by atoms with van der Waals surface area (Å²) < 4.78 is 13.2. The molecule has 1 heterocycles. The Morgan fingerprint density at radius 2 is 2.11 bits per heavy atom. The van der Waals surface area contributed by atoms with Gasteiger partial charge in [0, 0.05) is 10.2 Å². The first-order chi connectivity index (χ1) is 8.65. The standard InChI is InChI=1S/C12H8FN3O2/c1-8-6-11(12(17)18-13)15-16(8)10-4-2-9(7-14)3-5-10/h2-6H,1H3. The highest BCUT2D eigenvalue weighted by Gasteiger charge is 2.15. The molecule has 5 nitrogen and oxygen atoms in total. The van der Waals surface area contributed by atoms with Crippen molar-refractivity contribution in [3.8, 4) is 11.8 Å². The molecular weight excluding hydrogens is 237 g/mol. The third-order valence-electron chi connectivity index (χ3n) is 2.41. The summed E-state index contributed by atoms with van der Waals surface area (Å²) in [4.78, 5) is 14.1. The average molecular weight is 245 g/mol. The van der Waals surface area contributed by atoms with E-state index in [1.165, 1.54) is 10.7 Å². The highest BCUT2D eigenvalue weighted by molar-refractivity contribution is 5.86. The Bertz CT molecular complexity index is 626. The quantitative estimate of drug-likeness (QED) is 0.812. The molecule has 0 aliphatic heterocycles. The van der Waals surface area contributed by atoms with Crippen molar-refractivity contribution >= 4 is 5.97 Å². The number of benzene rings is 1. The second kappa shape index (κ2) is 4.67. The van der Waals surface area contributed by atoms with Crippen LogP contribution in [0.3, 0.4) is 0 Å². The lowest BCUT2D eigenvalue weighted by atomic mass is 10.2. The number of hydrogen-bond donors (Lipinski definition) is 0. The number of rotatable bonds is 2. The summed E-state index contributed by atoms with van der Waals surface area (Å²) in [5.41, 5.74) is 1.73. The minimum absolute atomic E-state index is 0.112. The number of nitriles is 1. The molecule has 0 fully saturated rings. The molecule has 0 atom stereocenters. The summed E-state index contributed by atoms with van der Waals surface area (Å²) in [7, 11) is 0. The van der Waals surface area contributed by atoms with Crippen LogP contribution < -0.4 is 0 Å². The highest BCUT2D eigenvalue weighted by atomic mass is 19.3. The fourth-order valence-corrected chi connectivity index (χ4v) is 1.55. The van der Waals surface area contributed by atoms with Gasteiger partial charge in [-0.15, -0.1) is 0 Å². The van der Waals surface area contributed by atoms with Crippen LogP contribution in [0.1, 0.15) is 21.7 Å². The fourth-order valence-electron chi connectivity index (χ4n) is 1.55. The molecule has 0 bridgehead atoms. The van der Waals surface area contributed by atoms with Crippen LogP contribution in [-0.4, -0.2) is 15.7 Å². The summed E-state index contributed by atoms with van der Waals surface area (Å²) in [5, 5.41) is 12.6. The van der Waals surface area contributed by atoms with Crippen molar-refractivity contribution in [3.05, 3.63) is 47.3 Å². The topological polar surface area (TPSA) is 67.9 Å². The molecule has 0 saturated heterocycles. The SMILES string of the molecule is Cc1cc(C(=O)OF)nn1-c1ccc(C#N)cc1. The van der Waals surface area contributed by atoms with Crippen LogP contribution in [0.5, 0.6) is 0 Å². The maximum atomic E-state index is 11.8. The van der Waals surface area contributed by atoms with Crippen LogP contribution in [0.25, 0.3) is 5.69 Å². The van der Waals surface area contributed by atoms with Crippen molar-refractivity contribution in [3.63, 3.8) is 0 Å². The molecule has 2 rings (SSSR count). The Morgan fingerprint density at radius 3 is 2.67 bits per heavy atom. The third-order valence-corrected chi connectivity index (χ3v) is 2.41. The normalized spacial score (nSPS) is 9.83. The maximum absolute atomic E-state index is 11.8. The number of nitrogens with zero attached hydrogens (tertiary/aromatic N) is 3. The molecule has 0 spiro atoms. The fraction of sp³-hybridized carbons (Fsp3) is 0.0833. The molecule has 0 radical (unpaired) electrons. The predicted molar refractivity (Wildman–Crippen MR) is 59.5 cm³/mol. The molecule has 1 aromatic carbocycles. The third kappa shape index (κ3) is 2.06. The lowest BCUT2D eigenvalue weighted by Crippen LogP contribution is -2.03. The van der Waals surface area contributed by atoms with Gasteiger partial charge in [0.05, 0.1) is 17.3 Å². The average Bonchev–Trinajstić information content (AvgIpc) is 2.80. The smallest absolute Gasteiger partial charge is 0.247 e. The molecule has 90 valence electrons.